The van der Waals surface area contributed by atoms with E-state index in [1.165, 1.54) is 6.92 Å². The van der Waals surface area contributed by atoms with Gasteiger partial charge in [-0.3, -0.25) is 0 Å². The first-order valence-corrected chi connectivity index (χ1v) is 8.10. The van der Waals surface area contributed by atoms with Crippen LogP contribution in [0.1, 0.15) is 17.5 Å². The Labute approximate surface area is 147 Å². The van der Waals surface area contributed by atoms with E-state index in [-0.39, 0.29) is 22.9 Å². The largest absolute Gasteiger partial charge is 0.507 e. The zero-order chi connectivity index (χ0) is 18.9. The first-order chi connectivity index (χ1) is 12.2. The molecule has 3 rings (SSSR count). The molecule has 3 N–H and O–H groups in total. The number of hydrogen-bond donors (Lipinski definition) is 3. The lowest BCUT2D eigenvalue weighted by Gasteiger charge is -2.14. The molecule has 26 heavy (non-hydrogen) atoms. The average molecular weight is 370 g/mol. The standard InChI is InChI=1S/C17H18F4N4O/c1-9-4-10(17(19,20)21)5-14(26)16(9)13-2-3-15(25-24-13)23-8-12-6-11(18)7-22-12/h2-5,11-12,22,26H,6-8H2,1H3,(H,23,25)/t11-,12+/m1/s1. The molecule has 1 aromatic heterocycles. The van der Waals surface area contributed by atoms with Crippen LogP contribution >= 0.6 is 0 Å². The lowest BCUT2D eigenvalue weighted by molar-refractivity contribution is -0.137. The Morgan fingerprint density at radius 1 is 1.27 bits per heavy atom. The van der Waals surface area contributed by atoms with Crippen LogP contribution in [0.15, 0.2) is 24.3 Å². The molecule has 140 valence electrons. The summed E-state index contributed by atoms with van der Waals surface area (Å²) in [5, 5.41) is 24.0. The number of phenols is 1. The minimum Gasteiger partial charge on any atom is -0.507 e. The number of hydrogen-bond acceptors (Lipinski definition) is 5. The van der Waals surface area contributed by atoms with Crippen molar-refractivity contribution in [3.8, 4) is 17.0 Å². The maximum absolute atomic E-state index is 13.1. The van der Waals surface area contributed by atoms with Gasteiger partial charge in [-0.25, -0.2) is 4.39 Å². The summed E-state index contributed by atoms with van der Waals surface area (Å²) in [6.07, 6.45) is -4.95. The Bertz CT molecular complexity index is 756. The topological polar surface area (TPSA) is 70.1 Å². The second-order valence-electron chi connectivity index (χ2n) is 6.31. The third-order valence-electron chi connectivity index (χ3n) is 4.26. The monoisotopic (exact) mass is 370 g/mol. The first kappa shape index (κ1) is 18.4. The third-order valence-corrected chi connectivity index (χ3v) is 4.26. The summed E-state index contributed by atoms with van der Waals surface area (Å²) in [5.74, 6) is -0.0432. The molecule has 1 aliphatic heterocycles. The molecule has 9 heteroatoms. The van der Waals surface area contributed by atoms with Crippen LogP contribution in [0, 0.1) is 6.92 Å². The van der Waals surface area contributed by atoms with Gasteiger partial charge in [-0.15, -0.1) is 10.2 Å². The lowest BCUT2D eigenvalue weighted by Crippen LogP contribution is -2.29. The van der Waals surface area contributed by atoms with E-state index in [9.17, 15) is 22.7 Å². The molecule has 2 aromatic rings. The van der Waals surface area contributed by atoms with Gasteiger partial charge in [0.25, 0.3) is 0 Å². The van der Waals surface area contributed by atoms with Crippen molar-refractivity contribution in [1.29, 1.82) is 0 Å². The van der Waals surface area contributed by atoms with Gasteiger partial charge in [0.2, 0.25) is 0 Å². The molecule has 0 radical (unpaired) electrons. The van der Waals surface area contributed by atoms with Crippen molar-refractivity contribution in [3.63, 3.8) is 0 Å². The molecule has 2 atom stereocenters. The van der Waals surface area contributed by atoms with Crippen LogP contribution in [0.2, 0.25) is 0 Å². The van der Waals surface area contributed by atoms with Crippen molar-refractivity contribution in [2.75, 3.05) is 18.4 Å². The van der Waals surface area contributed by atoms with Crippen molar-refractivity contribution in [2.45, 2.75) is 31.7 Å². The van der Waals surface area contributed by atoms with Crippen LogP contribution in [0.3, 0.4) is 0 Å². The van der Waals surface area contributed by atoms with E-state index in [0.717, 1.165) is 6.07 Å². The summed E-state index contributed by atoms with van der Waals surface area (Å²) < 4.78 is 51.5. The molecule has 0 spiro atoms. The summed E-state index contributed by atoms with van der Waals surface area (Å²) in [6, 6.07) is 4.82. The van der Waals surface area contributed by atoms with E-state index in [1.54, 1.807) is 12.1 Å². The van der Waals surface area contributed by atoms with E-state index in [4.69, 9.17) is 0 Å². The highest BCUT2D eigenvalue weighted by atomic mass is 19.4. The van der Waals surface area contributed by atoms with Crippen LogP contribution in [0.5, 0.6) is 5.75 Å². The fraction of sp³-hybridized carbons (Fsp3) is 0.412. The van der Waals surface area contributed by atoms with Gasteiger partial charge in [0, 0.05) is 24.7 Å². The van der Waals surface area contributed by atoms with Crippen LogP contribution in [-0.4, -0.2) is 40.6 Å². The number of benzene rings is 1. The van der Waals surface area contributed by atoms with Crippen molar-refractivity contribution < 1.29 is 22.7 Å². The van der Waals surface area contributed by atoms with Gasteiger partial charge in [0.05, 0.1) is 11.3 Å². The Morgan fingerprint density at radius 2 is 2.04 bits per heavy atom. The minimum atomic E-state index is -4.53. The van der Waals surface area contributed by atoms with Gasteiger partial charge < -0.3 is 15.7 Å². The summed E-state index contributed by atoms with van der Waals surface area (Å²) in [6.45, 7) is 2.29. The molecule has 1 aliphatic rings. The first-order valence-electron chi connectivity index (χ1n) is 8.10. The van der Waals surface area contributed by atoms with Crippen molar-refractivity contribution in [2.24, 2.45) is 0 Å². The maximum atomic E-state index is 13.1. The SMILES string of the molecule is Cc1cc(C(F)(F)F)cc(O)c1-c1ccc(NC[C@@H]2C[C@@H](F)CN2)nn1. The molecular weight excluding hydrogens is 352 g/mol. The highest BCUT2D eigenvalue weighted by molar-refractivity contribution is 5.71. The van der Waals surface area contributed by atoms with Gasteiger partial charge in [-0.05, 0) is 43.2 Å². The predicted octanol–water partition coefficient (Wildman–Crippen LogP) is 3.29. The van der Waals surface area contributed by atoms with E-state index in [2.05, 4.69) is 20.8 Å². The Kier molecular flexibility index (Phi) is 4.99. The summed E-state index contributed by atoms with van der Waals surface area (Å²) in [5.41, 5.74) is -0.203. The number of alkyl halides is 4. The van der Waals surface area contributed by atoms with Crippen molar-refractivity contribution in [3.05, 3.63) is 35.4 Å². The smallest absolute Gasteiger partial charge is 0.416 e. The molecular formula is C17H18F4N4O. The van der Waals surface area contributed by atoms with Crippen molar-refractivity contribution >= 4 is 5.82 Å². The lowest BCUT2D eigenvalue weighted by atomic mass is 10.0. The van der Waals surface area contributed by atoms with E-state index in [1.807, 2.05) is 0 Å². The number of aromatic nitrogens is 2. The number of anilines is 1. The summed E-state index contributed by atoms with van der Waals surface area (Å²) in [4.78, 5) is 0. The van der Waals surface area contributed by atoms with Crippen LogP contribution in [0.4, 0.5) is 23.4 Å². The second kappa shape index (κ2) is 7.06. The molecule has 5 nitrogen and oxygen atoms in total. The molecule has 1 saturated heterocycles. The molecule has 0 aliphatic carbocycles. The Morgan fingerprint density at radius 3 is 2.58 bits per heavy atom. The van der Waals surface area contributed by atoms with Gasteiger partial charge in [-0.2, -0.15) is 13.2 Å². The third kappa shape index (κ3) is 4.04. The predicted molar refractivity (Wildman–Crippen MR) is 88.7 cm³/mol. The fourth-order valence-corrected chi connectivity index (χ4v) is 2.98. The molecule has 0 bridgehead atoms. The number of aromatic hydroxyl groups is 1. The normalized spacial score (nSPS) is 20.3. The Balaban J connectivity index is 1.74. The van der Waals surface area contributed by atoms with E-state index < -0.39 is 23.7 Å². The van der Waals surface area contributed by atoms with Crippen LogP contribution in [0.25, 0.3) is 11.3 Å². The highest BCUT2D eigenvalue weighted by Crippen LogP contribution is 2.38. The minimum absolute atomic E-state index is 0.00711. The molecule has 0 amide bonds. The number of phenolic OH excluding ortho intramolecular Hbond substituents is 1. The van der Waals surface area contributed by atoms with E-state index >= 15 is 0 Å². The molecule has 1 aromatic carbocycles. The van der Waals surface area contributed by atoms with Gasteiger partial charge in [-0.1, -0.05) is 0 Å². The van der Waals surface area contributed by atoms with E-state index in [0.29, 0.717) is 31.4 Å². The number of nitrogens with one attached hydrogen (secondary N) is 2. The average Bonchev–Trinajstić information content (AvgIpc) is 2.98. The maximum Gasteiger partial charge on any atom is 0.416 e. The van der Waals surface area contributed by atoms with Gasteiger partial charge >= 0.3 is 6.18 Å². The van der Waals surface area contributed by atoms with Crippen LogP contribution in [-0.2, 0) is 6.18 Å². The second-order valence-corrected chi connectivity index (χ2v) is 6.31. The molecule has 2 heterocycles. The Hall–Kier alpha value is -2.42. The zero-order valence-corrected chi connectivity index (χ0v) is 13.9. The molecule has 0 saturated carbocycles. The number of nitrogens with zero attached hydrogens (tertiary/aromatic N) is 2. The zero-order valence-electron chi connectivity index (χ0n) is 13.9. The highest BCUT2D eigenvalue weighted by Gasteiger charge is 2.32. The number of rotatable bonds is 4. The van der Waals surface area contributed by atoms with Crippen LogP contribution < -0.4 is 10.6 Å². The quantitative estimate of drug-likeness (QED) is 0.721. The fourth-order valence-electron chi connectivity index (χ4n) is 2.98. The molecule has 0 unspecified atom stereocenters. The number of aryl methyl sites for hydroxylation is 1. The summed E-state index contributed by atoms with van der Waals surface area (Å²) >= 11 is 0. The van der Waals surface area contributed by atoms with Gasteiger partial charge in [0.15, 0.2) is 0 Å². The van der Waals surface area contributed by atoms with Crippen molar-refractivity contribution in [1.82, 2.24) is 15.5 Å². The molecule has 1 fully saturated rings. The number of halogens is 4. The summed E-state index contributed by atoms with van der Waals surface area (Å²) in [7, 11) is 0. The van der Waals surface area contributed by atoms with Gasteiger partial charge in [0.1, 0.15) is 17.7 Å².